The zero-order chi connectivity index (χ0) is 13.1. The fourth-order valence-electron chi connectivity index (χ4n) is 2.03. The van der Waals surface area contributed by atoms with Crippen molar-refractivity contribution in [2.75, 3.05) is 5.73 Å². The molecule has 0 fully saturated rings. The first-order valence-electron chi connectivity index (χ1n) is 6.05. The maximum Gasteiger partial charge on any atom is 0.146 e. The van der Waals surface area contributed by atoms with E-state index in [0.717, 1.165) is 18.4 Å². The molecule has 4 heteroatoms. The van der Waals surface area contributed by atoms with Gasteiger partial charge in [0.2, 0.25) is 0 Å². The topological polar surface area (TPSA) is 51.8 Å². The Morgan fingerprint density at radius 2 is 1.83 bits per heavy atom. The van der Waals surface area contributed by atoms with Gasteiger partial charge in [0.15, 0.2) is 0 Å². The number of nitrogens with zero attached hydrogens (tertiary/aromatic N) is 2. The summed E-state index contributed by atoms with van der Waals surface area (Å²) in [6.07, 6.45) is 3.47. The second kappa shape index (κ2) is 5.36. The summed E-state index contributed by atoms with van der Waals surface area (Å²) in [4.78, 5) is 8.09. The lowest BCUT2D eigenvalue weighted by atomic mass is 9.98. The summed E-state index contributed by atoms with van der Waals surface area (Å²) in [5.41, 5.74) is 10.1. The molecule has 18 heavy (non-hydrogen) atoms. The van der Waals surface area contributed by atoms with E-state index in [9.17, 15) is 0 Å². The van der Waals surface area contributed by atoms with Gasteiger partial charge in [-0.1, -0.05) is 37.6 Å². The van der Waals surface area contributed by atoms with Gasteiger partial charge in [0, 0.05) is 5.56 Å². The smallest absolute Gasteiger partial charge is 0.146 e. The lowest BCUT2D eigenvalue weighted by Crippen LogP contribution is -1.97. The molecule has 0 saturated carbocycles. The number of aromatic nitrogens is 2. The van der Waals surface area contributed by atoms with E-state index in [-0.39, 0.29) is 0 Å². The highest BCUT2D eigenvalue weighted by molar-refractivity contribution is 6.35. The molecule has 0 spiro atoms. The van der Waals surface area contributed by atoms with Crippen molar-refractivity contribution < 1.29 is 0 Å². The van der Waals surface area contributed by atoms with E-state index in [2.05, 4.69) is 35.9 Å². The van der Waals surface area contributed by atoms with Crippen molar-refractivity contribution in [3.63, 3.8) is 0 Å². The van der Waals surface area contributed by atoms with E-state index in [0.29, 0.717) is 16.5 Å². The summed E-state index contributed by atoms with van der Waals surface area (Å²) < 4.78 is 0. The van der Waals surface area contributed by atoms with Gasteiger partial charge in [-0.2, -0.15) is 0 Å². The van der Waals surface area contributed by atoms with Crippen molar-refractivity contribution in [2.24, 2.45) is 0 Å². The average molecular weight is 262 g/mol. The highest BCUT2D eigenvalue weighted by Crippen LogP contribution is 2.30. The minimum absolute atomic E-state index is 0.319. The standard InChI is InChI=1S/C14H16ClN3/c1-3-9-5-6-11(7-10(9)4-2)13-12(15)14(16)18-8-17-13/h5-8H,3-4H2,1-2H3,(H2,16,17,18). The van der Waals surface area contributed by atoms with E-state index in [1.54, 1.807) is 0 Å². The Bertz CT molecular complexity index is 567. The van der Waals surface area contributed by atoms with Gasteiger partial charge in [0.05, 0.1) is 5.69 Å². The Balaban J connectivity index is 2.54. The lowest BCUT2D eigenvalue weighted by molar-refractivity contribution is 1.04. The van der Waals surface area contributed by atoms with Crippen LogP contribution in [0.2, 0.25) is 5.02 Å². The van der Waals surface area contributed by atoms with Crippen molar-refractivity contribution in [1.82, 2.24) is 9.97 Å². The second-order valence-electron chi connectivity index (χ2n) is 4.11. The minimum Gasteiger partial charge on any atom is -0.382 e. The molecule has 2 N–H and O–H groups in total. The summed E-state index contributed by atoms with van der Waals surface area (Å²) in [6, 6.07) is 6.29. The van der Waals surface area contributed by atoms with E-state index < -0.39 is 0 Å². The van der Waals surface area contributed by atoms with E-state index >= 15 is 0 Å². The third-order valence-corrected chi connectivity index (χ3v) is 3.43. The van der Waals surface area contributed by atoms with Gasteiger partial charge in [0.1, 0.15) is 17.2 Å². The number of nitrogens with two attached hydrogens (primary N) is 1. The van der Waals surface area contributed by atoms with Crippen LogP contribution >= 0.6 is 11.6 Å². The molecule has 94 valence electrons. The fourth-order valence-corrected chi connectivity index (χ4v) is 2.24. The van der Waals surface area contributed by atoms with Gasteiger partial charge in [-0.05, 0) is 30.0 Å². The zero-order valence-corrected chi connectivity index (χ0v) is 11.3. The number of hydrogen-bond donors (Lipinski definition) is 1. The molecular weight excluding hydrogens is 246 g/mol. The molecule has 0 aliphatic heterocycles. The highest BCUT2D eigenvalue weighted by atomic mass is 35.5. The first-order chi connectivity index (χ1) is 8.67. The third kappa shape index (κ3) is 2.31. The van der Waals surface area contributed by atoms with Crippen molar-refractivity contribution in [1.29, 1.82) is 0 Å². The molecule has 2 aromatic rings. The zero-order valence-electron chi connectivity index (χ0n) is 10.6. The number of halogens is 1. The molecule has 1 aromatic heterocycles. The third-order valence-electron chi connectivity index (χ3n) is 3.06. The van der Waals surface area contributed by atoms with Crippen LogP contribution < -0.4 is 5.73 Å². The van der Waals surface area contributed by atoms with Crippen LogP contribution in [-0.4, -0.2) is 9.97 Å². The van der Waals surface area contributed by atoms with Gasteiger partial charge >= 0.3 is 0 Å². The van der Waals surface area contributed by atoms with Crippen molar-refractivity contribution >= 4 is 17.4 Å². The Hall–Kier alpha value is -1.61. The molecule has 1 heterocycles. The van der Waals surface area contributed by atoms with Gasteiger partial charge < -0.3 is 5.73 Å². The highest BCUT2D eigenvalue weighted by Gasteiger charge is 2.10. The maximum atomic E-state index is 6.15. The molecule has 0 aliphatic rings. The summed E-state index contributed by atoms with van der Waals surface area (Å²) in [5, 5.41) is 0.420. The molecule has 1 aromatic carbocycles. The van der Waals surface area contributed by atoms with Crippen LogP contribution in [0.15, 0.2) is 24.5 Å². The average Bonchev–Trinajstić information content (AvgIpc) is 2.41. The molecule has 0 aliphatic carbocycles. The van der Waals surface area contributed by atoms with Gasteiger partial charge in [-0.3, -0.25) is 0 Å². The van der Waals surface area contributed by atoms with Crippen molar-refractivity contribution in [3.8, 4) is 11.3 Å². The molecule has 0 bridgehead atoms. The van der Waals surface area contributed by atoms with Crippen LogP contribution in [-0.2, 0) is 12.8 Å². The summed E-state index contributed by atoms with van der Waals surface area (Å²) in [6.45, 7) is 4.30. The second-order valence-corrected chi connectivity index (χ2v) is 4.49. The molecule has 0 amide bonds. The summed E-state index contributed by atoms with van der Waals surface area (Å²) >= 11 is 6.15. The SMILES string of the molecule is CCc1ccc(-c2ncnc(N)c2Cl)cc1CC. The monoisotopic (exact) mass is 261 g/mol. The number of benzene rings is 1. The van der Waals surface area contributed by atoms with Crippen LogP contribution in [0.5, 0.6) is 0 Å². The van der Waals surface area contributed by atoms with Crippen LogP contribution in [0.3, 0.4) is 0 Å². The number of anilines is 1. The minimum atomic E-state index is 0.319. The normalized spacial score (nSPS) is 10.6. The van der Waals surface area contributed by atoms with E-state index in [1.165, 1.54) is 17.5 Å². The molecule has 0 unspecified atom stereocenters. The fraction of sp³-hybridized carbons (Fsp3) is 0.286. The molecule has 0 atom stereocenters. The van der Waals surface area contributed by atoms with E-state index in [1.807, 2.05) is 6.07 Å². The quantitative estimate of drug-likeness (QED) is 0.920. The van der Waals surface area contributed by atoms with Crippen LogP contribution in [0.25, 0.3) is 11.3 Å². The first kappa shape index (κ1) is 12.8. The number of nitrogen functional groups attached to an aromatic ring is 1. The Morgan fingerprint density at radius 1 is 1.11 bits per heavy atom. The Kier molecular flexibility index (Phi) is 3.82. The van der Waals surface area contributed by atoms with Crippen LogP contribution in [0, 0.1) is 0 Å². The lowest BCUT2D eigenvalue weighted by Gasteiger charge is -2.10. The molecule has 0 saturated heterocycles. The predicted octanol–water partition coefficient (Wildman–Crippen LogP) is 3.50. The number of hydrogen-bond acceptors (Lipinski definition) is 3. The molecule has 0 radical (unpaired) electrons. The first-order valence-corrected chi connectivity index (χ1v) is 6.43. The predicted molar refractivity (Wildman–Crippen MR) is 75.6 cm³/mol. The summed E-state index contributed by atoms with van der Waals surface area (Å²) in [7, 11) is 0. The number of rotatable bonds is 3. The Labute approximate surface area is 112 Å². The maximum absolute atomic E-state index is 6.15. The van der Waals surface area contributed by atoms with Crippen LogP contribution in [0.1, 0.15) is 25.0 Å². The van der Waals surface area contributed by atoms with Gasteiger partial charge in [-0.15, -0.1) is 0 Å². The number of aryl methyl sites for hydroxylation is 2. The van der Waals surface area contributed by atoms with Crippen LogP contribution in [0.4, 0.5) is 5.82 Å². The molecule has 2 rings (SSSR count). The summed E-state index contributed by atoms with van der Waals surface area (Å²) in [5.74, 6) is 0.319. The van der Waals surface area contributed by atoms with Gasteiger partial charge in [0.25, 0.3) is 0 Å². The van der Waals surface area contributed by atoms with E-state index in [4.69, 9.17) is 17.3 Å². The van der Waals surface area contributed by atoms with Crippen molar-refractivity contribution in [3.05, 3.63) is 40.7 Å². The van der Waals surface area contributed by atoms with Gasteiger partial charge in [-0.25, -0.2) is 9.97 Å². The van der Waals surface area contributed by atoms with Crippen molar-refractivity contribution in [2.45, 2.75) is 26.7 Å². The molecular formula is C14H16ClN3. The molecule has 3 nitrogen and oxygen atoms in total. The largest absolute Gasteiger partial charge is 0.382 e. The Morgan fingerprint density at radius 3 is 2.50 bits per heavy atom.